The van der Waals surface area contributed by atoms with Gasteiger partial charge in [0, 0.05) is 18.0 Å². The quantitative estimate of drug-likeness (QED) is 0.787. The molecule has 1 saturated carbocycles. The average Bonchev–Trinajstić information content (AvgIpc) is 3.08. The number of rotatable bonds is 3. The minimum Gasteiger partial charge on any atom is -0.302 e. The smallest absolute Gasteiger partial charge is 0.266 e. The van der Waals surface area contributed by atoms with Crippen molar-refractivity contribution >= 4 is 0 Å². The highest BCUT2D eigenvalue weighted by Crippen LogP contribution is 2.38. The number of likely N-dealkylation sites (tertiary alicyclic amines) is 1. The molecule has 2 fully saturated rings. The van der Waals surface area contributed by atoms with Crippen molar-refractivity contribution in [1.82, 2.24) is 14.7 Å². The lowest BCUT2D eigenvalue weighted by molar-refractivity contribution is 0.270. The topological polar surface area (TPSA) is 38.1 Å². The first kappa shape index (κ1) is 11.0. The summed E-state index contributed by atoms with van der Waals surface area (Å²) in [6.07, 6.45) is 4.87. The molecule has 4 heteroatoms. The maximum Gasteiger partial charge on any atom is 0.266 e. The number of hydrogen-bond acceptors (Lipinski definition) is 3. The molecule has 1 aromatic rings. The third-order valence-corrected chi connectivity index (χ3v) is 3.94. The van der Waals surface area contributed by atoms with Gasteiger partial charge in [0.25, 0.3) is 5.56 Å². The van der Waals surface area contributed by atoms with E-state index in [0.29, 0.717) is 12.0 Å². The maximum atomic E-state index is 11.8. The highest BCUT2D eigenvalue weighted by Gasteiger charge is 2.26. The van der Waals surface area contributed by atoms with Crippen LogP contribution >= 0.6 is 0 Å². The highest BCUT2D eigenvalue weighted by atomic mass is 16.1. The Kier molecular flexibility index (Phi) is 2.74. The van der Waals surface area contributed by atoms with Gasteiger partial charge in [-0.3, -0.25) is 4.79 Å². The second-order valence-corrected chi connectivity index (χ2v) is 5.33. The van der Waals surface area contributed by atoms with E-state index in [4.69, 9.17) is 0 Å². The van der Waals surface area contributed by atoms with Crippen molar-refractivity contribution in [2.24, 2.45) is 0 Å². The van der Waals surface area contributed by atoms with E-state index < -0.39 is 0 Å². The van der Waals surface area contributed by atoms with Gasteiger partial charge in [0.15, 0.2) is 0 Å². The Morgan fingerprint density at radius 1 is 1.35 bits per heavy atom. The lowest BCUT2D eigenvalue weighted by Gasteiger charge is -2.19. The van der Waals surface area contributed by atoms with Crippen LogP contribution in [-0.4, -0.2) is 34.3 Å². The Hall–Kier alpha value is -1.16. The number of aromatic nitrogens is 2. The SMILES string of the molecule is CN1CCCC1Cn1nc(C2CC2)ccc1=O. The predicted octanol–water partition coefficient (Wildman–Crippen LogP) is 1.21. The monoisotopic (exact) mass is 233 g/mol. The zero-order chi connectivity index (χ0) is 11.8. The van der Waals surface area contributed by atoms with E-state index in [1.54, 1.807) is 10.7 Å². The van der Waals surface area contributed by atoms with Gasteiger partial charge in [-0.25, -0.2) is 4.68 Å². The van der Waals surface area contributed by atoms with E-state index in [2.05, 4.69) is 17.0 Å². The van der Waals surface area contributed by atoms with Crippen molar-refractivity contribution < 1.29 is 0 Å². The predicted molar refractivity (Wildman–Crippen MR) is 66.1 cm³/mol. The van der Waals surface area contributed by atoms with Gasteiger partial charge in [-0.1, -0.05) is 0 Å². The molecule has 0 N–H and O–H groups in total. The van der Waals surface area contributed by atoms with E-state index in [0.717, 1.165) is 18.8 Å². The average molecular weight is 233 g/mol. The Labute approximate surface area is 101 Å². The maximum absolute atomic E-state index is 11.8. The number of likely N-dealkylation sites (N-methyl/N-ethyl adjacent to an activating group) is 1. The van der Waals surface area contributed by atoms with Gasteiger partial charge in [0.1, 0.15) is 0 Å². The van der Waals surface area contributed by atoms with Gasteiger partial charge in [-0.2, -0.15) is 5.10 Å². The Morgan fingerprint density at radius 2 is 2.18 bits per heavy atom. The summed E-state index contributed by atoms with van der Waals surface area (Å²) in [5.74, 6) is 0.614. The molecular weight excluding hydrogens is 214 g/mol. The minimum atomic E-state index is 0.0368. The fourth-order valence-corrected chi connectivity index (χ4v) is 2.60. The molecule has 1 aromatic heterocycles. The largest absolute Gasteiger partial charge is 0.302 e. The van der Waals surface area contributed by atoms with E-state index in [-0.39, 0.29) is 5.56 Å². The zero-order valence-corrected chi connectivity index (χ0v) is 10.3. The molecule has 92 valence electrons. The Morgan fingerprint density at radius 3 is 2.82 bits per heavy atom. The molecule has 0 radical (unpaired) electrons. The van der Waals surface area contributed by atoms with E-state index >= 15 is 0 Å². The summed E-state index contributed by atoms with van der Waals surface area (Å²) in [6.45, 7) is 1.89. The van der Waals surface area contributed by atoms with Crippen molar-refractivity contribution in [1.29, 1.82) is 0 Å². The van der Waals surface area contributed by atoms with Crippen LogP contribution in [-0.2, 0) is 6.54 Å². The lowest BCUT2D eigenvalue weighted by Crippen LogP contribution is -2.35. The van der Waals surface area contributed by atoms with Crippen LogP contribution in [0, 0.1) is 0 Å². The molecule has 2 aliphatic rings. The van der Waals surface area contributed by atoms with E-state index in [9.17, 15) is 4.79 Å². The van der Waals surface area contributed by atoms with Gasteiger partial charge < -0.3 is 4.90 Å². The van der Waals surface area contributed by atoms with Crippen LogP contribution in [0.2, 0.25) is 0 Å². The molecule has 1 aliphatic carbocycles. The van der Waals surface area contributed by atoms with Crippen LogP contribution < -0.4 is 5.56 Å². The first-order valence-corrected chi connectivity index (χ1v) is 6.52. The molecule has 3 rings (SSSR count). The normalized spacial score (nSPS) is 25.4. The second kappa shape index (κ2) is 4.26. The van der Waals surface area contributed by atoms with E-state index in [1.807, 2.05) is 6.07 Å². The molecular formula is C13H19N3O. The fourth-order valence-electron chi connectivity index (χ4n) is 2.60. The van der Waals surface area contributed by atoms with Gasteiger partial charge >= 0.3 is 0 Å². The van der Waals surface area contributed by atoms with Gasteiger partial charge in [0.2, 0.25) is 0 Å². The molecule has 0 bridgehead atoms. The Balaban J connectivity index is 1.81. The van der Waals surface area contributed by atoms with Crippen LogP contribution in [0.1, 0.15) is 37.3 Å². The molecule has 17 heavy (non-hydrogen) atoms. The highest BCUT2D eigenvalue weighted by molar-refractivity contribution is 5.12. The molecule has 4 nitrogen and oxygen atoms in total. The molecule has 1 atom stereocenters. The van der Waals surface area contributed by atoms with Crippen molar-refractivity contribution in [3.05, 3.63) is 28.2 Å². The summed E-state index contributed by atoms with van der Waals surface area (Å²) in [7, 11) is 2.13. The summed E-state index contributed by atoms with van der Waals surface area (Å²) >= 11 is 0. The summed E-state index contributed by atoms with van der Waals surface area (Å²) in [4.78, 5) is 14.1. The summed E-state index contributed by atoms with van der Waals surface area (Å²) in [6, 6.07) is 4.06. The second-order valence-electron chi connectivity index (χ2n) is 5.33. The molecule has 0 spiro atoms. The molecule has 0 aromatic carbocycles. The minimum absolute atomic E-state index is 0.0368. The standard InChI is InChI=1S/C13H19N3O/c1-15-8-2-3-11(15)9-16-13(17)7-6-12(14-16)10-4-5-10/h6-7,10-11H,2-5,8-9H2,1H3. The van der Waals surface area contributed by atoms with Crippen LogP contribution in [0.5, 0.6) is 0 Å². The molecule has 1 saturated heterocycles. The lowest BCUT2D eigenvalue weighted by atomic mass is 10.2. The summed E-state index contributed by atoms with van der Waals surface area (Å²) < 4.78 is 1.67. The fraction of sp³-hybridized carbons (Fsp3) is 0.692. The van der Waals surface area contributed by atoms with Crippen molar-refractivity contribution in [3.8, 4) is 0 Å². The summed E-state index contributed by atoms with van der Waals surface area (Å²) in [5.41, 5.74) is 1.14. The number of hydrogen-bond donors (Lipinski definition) is 0. The zero-order valence-electron chi connectivity index (χ0n) is 10.3. The van der Waals surface area contributed by atoms with Gasteiger partial charge in [-0.05, 0) is 45.3 Å². The van der Waals surface area contributed by atoms with Crippen LogP contribution in [0.3, 0.4) is 0 Å². The molecule has 2 heterocycles. The van der Waals surface area contributed by atoms with Gasteiger partial charge in [0.05, 0.1) is 12.2 Å². The molecule has 1 aliphatic heterocycles. The van der Waals surface area contributed by atoms with Crippen LogP contribution in [0.15, 0.2) is 16.9 Å². The number of nitrogens with zero attached hydrogens (tertiary/aromatic N) is 3. The molecule has 1 unspecified atom stereocenters. The van der Waals surface area contributed by atoms with Crippen molar-refractivity contribution in [3.63, 3.8) is 0 Å². The third-order valence-electron chi connectivity index (χ3n) is 3.94. The van der Waals surface area contributed by atoms with Crippen molar-refractivity contribution in [2.45, 2.75) is 44.2 Å². The molecule has 0 amide bonds. The van der Waals surface area contributed by atoms with E-state index in [1.165, 1.54) is 25.7 Å². The first-order valence-electron chi connectivity index (χ1n) is 6.52. The first-order chi connectivity index (χ1) is 8.24. The van der Waals surface area contributed by atoms with Gasteiger partial charge in [-0.15, -0.1) is 0 Å². The Bertz CT molecular complexity index is 464. The van der Waals surface area contributed by atoms with Crippen LogP contribution in [0.25, 0.3) is 0 Å². The van der Waals surface area contributed by atoms with Crippen molar-refractivity contribution in [2.75, 3.05) is 13.6 Å². The van der Waals surface area contributed by atoms with Crippen LogP contribution in [0.4, 0.5) is 0 Å². The summed E-state index contributed by atoms with van der Waals surface area (Å²) in [5, 5.41) is 4.51. The third kappa shape index (κ3) is 2.27.